The molecule has 1 aromatic heterocycles. The van der Waals surface area contributed by atoms with Gasteiger partial charge in [0, 0.05) is 50.0 Å². The van der Waals surface area contributed by atoms with Gasteiger partial charge in [0.15, 0.2) is 5.78 Å². The van der Waals surface area contributed by atoms with Crippen molar-refractivity contribution in [2.75, 3.05) is 26.2 Å². The number of carbonyl (C=O) groups is 4. The monoisotopic (exact) mass is 490 g/mol. The number of likely N-dealkylation sites (tertiary alicyclic amines) is 3. The van der Waals surface area contributed by atoms with Gasteiger partial charge in [-0.2, -0.15) is 0 Å². The van der Waals surface area contributed by atoms with Crippen LogP contribution in [0.4, 0.5) is 0 Å². The second-order valence-electron chi connectivity index (χ2n) is 10.9. The van der Waals surface area contributed by atoms with Gasteiger partial charge in [-0.1, -0.05) is 44.2 Å². The minimum Gasteiger partial charge on any atom is -0.341 e. The highest BCUT2D eigenvalue weighted by molar-refractivity contribution is 6.02. The maximum Gasteiger partial charge on any atom is 0.273 e. The van der Waals surface area contributed by atoms with Crippen LogP contribution in [0.2, 0.25) is 0 Å². The van der Waals surface area contributed by atoms with Gasteiger partial charge in [0.1, 0.15) is 11.7 Å². The lowest BCUT2D eigenvalue weighted by Gasteiger charge is -2.29. The molecule has 0 saturated carbocycles. The van der Waals surface area contributed by atoms with Gasteiger partial charge in [-0.3, -0.25) is 24.2 Å². The number of amides is 3. The second-order valence-corrected chi connectivity index (χ2v) is 10.9. The third-order valence-corrected chi connectivity index (χ3v) is 7.97. The van der Waals surface area contributed by atoms with E-state index in [0.29, 0.717) is 50.0 Å². The number of rotatable bonds is 6. The van der Waals surface area contributed by atoms with E-state index in [2.05, 4.69) is 17.1 Å². The number of carbonyl (C=O) groups excluding carboxylic acids is 4. The van der Waals surface area contributed by atoms with E-state index in [0.717, 1.165) is 0 Å². The summed E-state index contributed by atoms with van der Waals surface area (Å²) < 4.78 is 0. The number of hydrogen-bond acceptors (Lipinski definition) is 5. The van der Waals surface area contributed by atoms with Crippen molar-refractivity contribution in [1.82, 2.24) is 19.7 Å². The minimum absolute atomic E-state index is 0.00523. The van der Waals surface area contributed by atoms with Crippen molar-refractivity contribution < 1.29 is 19.2 Å². The number of ketones is 1. The van der Waals surface area contributed by atoms with Crippen molar-refractivity contribution in [1.29, 1.82) is 0 Å². The molecule has 190 valence electrons. The van der Waals surface area contributed by atoms with Gasteiger partial charge in [0.2, 0.25) is 11.8 Å². The molecular formula is C28H34N4O4. The summed E-state index contributed by atoms with van der Waals surface area (Å²) in [5.74, 6) is -0.0816. The van der Waals surface area contributed by atoms with Gasteiger partial charge in [0.25, 0.3) is 5.91 Å². The highest BCUT2D eigenvalue weighted by atomic mass is 16.2. The second kappa shape index (κ2) is 9.99. The number of allylic oxidation sites excluding steroid dienone is 2. The first-order valence-electron chi connectivity index (χ1n) is 13.0. The molecule has 0 aromatic carbocycles. The predicted octanol–water partition coefficient (Wildman–Crippen LogP) is 2.33. The van der Waals surface area contributed by atoms with Crippen LogP contribution in [0.3, 0.4) is 0 Å². The van der Waals surface area contributed by atoms with Crippen molar-refractivity contribution in [3.05, 3.63) is 54.4 Å². The van der Waals surface area contributed by atoms with E-state index in [9.17, 15) is 19.2 Å². The van der Waals surface area contributed by atoms with Gasteiger partial charge in [0.05, 0.1) is 12.6 Å². The van der Waals surface area contributed by atoms with Gasteiger partial charge >= 0.3 is 0 Å². The Hall–Kier alpha value is -3.29. The number of hydrogen-bond donors (Lipinski definition) is 0. The average molecular weight is 491 g/mol. The molecule has 5 unspecified atom stereocenters. The Morgan fingerprint density at radius 3 is 2.42 bits per heavy atom. The SMILES string of the molecule is CC(C)CC(CC(=O)N1CC2C=CC=CC2C1)C(=O)N1CCC2C1C(=O)CN2C(=O)c1ccccn1. The maximum absolute atomic E-state index is 13.8. The van der Waals surface area contributed by atoms with Crippen molar-refractivity contribution in [2.45, 2.75) is 45.2 Å². The molecule has 3 fully saturated rings. The third-order valence-electron chi connectivity index (χ3n) is 7.97. The summed E-state index contributed by atoms with van der Waals surface area (Å²) in [6.45, 7) is 5.87. The van der Waals surface area contributed by atoms with E-state index in [1.807, 2.05) is 30.9 Å². The van der Waals surface area contributed by atoms with Crippen LogP contribution in [0, 0.1) is 23.7 Å². The lowest BCUT2D eigenvalue weighted by atomic mass is 9.91. The molecule has 4 aliphatic rings. The standard InChI is InChI=1S/C28H34N4O4/c1-18(2)13-21(14-25(34)30-15-19-7-3-4-8-20(19)16-30)27(35)31-12-10-23-26(31)24(33)17-32(23)28(36)22-9-5-6-11-29-22/h3-9,11,18-21,23,26H,10,12-17H2,1-2H3. The molecule has 5 atom stereocenters. The number of fused-ring (bicyclic) bond motifs is 2. The predicted molar refractivity (Wildman–Crippen MR) is 134 cm³/mol. The summed E-state index contributed by atoms with van der Waals surface area (Å²) >= 11 is 0. The molecule has 3 aliphatic heterocycles. The normalized spacial score (nSPS) is 27.5. The van der Waals surface area contributed by atoms with Crippen LogP contribution in [0.1, 0.15) is 43.6 Å². The zero-order chi connectivity index (χ0) is 25.4. The van der Waals surface area contributed by atoms with Gasteiger partial charge in [-0.15, -0.1) is 0 Å². The van der Waals surface area contributed by atoms with Crippen LogP contribution in [0.5, 0.6) is 0 Å². The highest BCUT2D eigenvalue weighted by Gasteiger charge is 2.52. The molecule has 8 heteroatoms. The minimum atomic E-state index is -0.639. The molecule has 0 spiro atoms. The number of pyridine rings is 1. The summed E-state index contributed by atoms with van der Waals surface area (Å²) in [5, 5.41) is 0. The van der Waals surface area contributed by atoms with Crippen molar-refractivity contribution in [3.63, 3.8) is 0 Å². The fourth-order valence-electron chi connectivity index (χ4n) is 6.27. The van der Waals surface area contributed by atoms with Crippen LogP contribution in [0.15, 0.2) is 48.7 Å². The Labute approximate surface area is 212 Å². The number of Topliss-reactive ketones (excluding diaryl/α,β-unsaturated/α-hetero) is 1. The molecule has 8 nitrogen and oxygen atoms in total. The Bertz CT molecular complexity index is 1080. The molecule has 0 N–H and O–H groups in total. The van der Waals surface area contributed by atoms with Crippen LogP contribution in [0.25, 0.3) is 0 Å². The first-order chi connectivity index (χ1) is 17.3. The fraction of sp³-hybridized carbons (Fsp3) is 0.536. The average Bonchev–Trinajstić information content (AvgIpc) is 3.58. The first kappa shape index (κ1) is 24.4. The van der Waals surface area contributed by atoms with Crippen LogP contribution in [-0.4, -0.2) is 81.5 Å². The van der Waals surface area contributed by atoms with E-state index in [4.69, 9.17) is 0 Å². The Balaban J connectivity index is 1.28. The Morgan fingerprint density at radius 1 is 1.06 bits per heavy atom. The third kappa shape index (κ3) is 4.61. The summed E-state index contributed by atoms with van der Waals surface area (Å²) in [5.41, 5.74) is 0.301. The molecule has 36 heavy (non-hydrogen) atoms. The van der Waals surface area contributed by atoms with E-state index in [1.54, 1.807) is 34.2 Å². The van der Waals surface area contributed by atoms with Crippen molar-refractivity contribution in [3.8, 4) is 0 Å². The van der Waals surface area contributed by atoms with Gasteiger partial charge in [-0.25, -0.2) is 0 Å². The van der Waals surface area contributed by atoms with E-state index < -0.39 is 12.0 Å². The molecule has 5 rings (SSSR count). The van der Waals surface area contributed by atoms with Crippen molar-refractivity contribution in [2.24, 2.45) is 23.7 Å². The van der Waals surface area contributed by atoms with Crippen molar-refractivity contribution >= 4 is 23.5 Å². The molecule has 0 bridgehead atoms. The molecule has 0 radical (unpaired) electrons. The smallest absolute Gasteiger partial charge is 0.273 e. The molecule has 4 heterocycles. The molecular weight excluding hydrogens is 456 g/mol. The summed E-state index contributed by atoms with van der Waals surface area (Å²) in [6.07, 6.45) is 11.2. The molecule has 1 aliphatic carbocycles. The lowest BCUT2D eigenvalue weighted by molar-refractivity contribution is -0.144. The fourth-order valence-corrected chi connectivity index (χ4v) is 6.27. The molecule has 1 aromatic rings. The van der Waals surface area contributed by atoms with Crippen LogP contribution in [-0.2, 0) is 14.4 Å². The number of aromatic nitrogens is 1. The Kier molecular flexibility index (Phi) is 6.77. The quantitative estimate of drug-likeness (QED) is 0.611. The first-order valence-corrected chi connectivity index (χ1v) is 13.0. The maximum atomic E-state index is 13.8. The lowest BCUT2D eigenvalue weighted by Crippen LogP contribution is -2.47. The zero-order valence-corrected chi connectivity index (χ0v) is 21.0. The highest BCUT2D eigenvalue weighted by Crippen LogP contribution is 2.34. The van der Waals surface area contributed by atoms with Crippen LogP contribution < -0.4 is 0 Å². The largest absolute Gasteiger partial charge is 0.341 e. The summed E-state index contributed by atoms with van der Waals surface area (Å²) in [7, 11) is 0. The summed E-state index contributed by atoms with van der Waals surface area (Å²) in [4.78, 5) is 62.4. The Morgan fingerprint density at radius 2 is 1.78 bits per heavy atom. The molecule has 3 amide bonds. The topological polar surface area (TPSA) is 90.9 Å². The van der Waals surface area contributed by atoms with Gasteiger partial charge < -0.3 is 14.7 Å². The van der Waals surface area contributed by atoms with E-state index in [-0.39, 0.29) is 48.4 Å². The van der Waals surface area contributed by atoms with E-state index >= 15 is 0 Å². The van der Waals surface area contributed by atoms with Crippen LogP contribution >= 0.6 is 0 Å². The van der Waals surface area contributed by atoms with Gasteiger partial charge in [-0.05, 0) is 30.9 Å². The molecule has 3 saturated heterocycles. The number of nitrogens with zero attached hydrogens (tertiary/aromatic N) is 4. The summed E-state index contributed by atoms with van der Waals surface area (Å²) in [6, 6.07) is 4.15. The van der Waals surface area contributed by atoms with E-state index in [1.165, 1.54) is 0 Å². The zero-order valence-electron chi connectivity index (χ0n) is 21.0.